The summed E-state index contributed by atoms with van der Waals surface area (Å²) >= 11 is 0. The Morgan fingerprint density at radius 3 is 2.60 bits per heavy atom. The standard InChI is InChI=1S/C12H22O3/c1-2-14-12(13)9-7-5-3-4-6-8-11-10-15-11/h11H,2-10H2,1H3. The number of carbonyl (C=O) groups excluding carboxylic acids is 1. The van der Waals surface area contributed by atoms with Gasteiger partial charge in [0, 0.05) is 6.42 Å². The third-order valence-corrected chi connectivity index (χ3v) is 2.61. The third kappa shape index (κ3) is 7.37. The molecule has 0 saturated carbocycles. The smallest absolute Gasteiger partial charge is 0.305 e. The number of esters is 1. The highest BCUT2D eigenvalue weighted by molar-refractivity contribution is 5.69. The van der Waals surface area contributed by atoms with E-state index in [1.165, 1.54) is 25.7 Å². The van der Waals surface area contributed by atoms with Crippen molar-refractivity contribution in [2.45, 2.75) is 58.0 Å². The molecular formula is C12H22O3. The van der Waals surface area contributed by atoms with Crippen molar-refractivity contribution in [3.63, 3.8) is 0 Å². The molecule has 88 valence electrons. The van der Waals surface area contributed by atoms with Crippen LogP contribution in [0.2, 0.25) is 0 Å². The Labute approximate surface area is 92.1 Å². The Morgan fingerprint density at radius 2 is 1.93 bits per heavy atom. The molecule has 1 saturated heterocycles. The van der Waals surface area contributed by atoms with Gasteiger partial charge in [-0.1, -0.05) is 25.7 Å². The van der Waals surface area contributed by atoms with Gasteiger partial charge in [-0.15, -0.1) is 0 Å². The minimum Gasteiger partial charge on any atom is -0.466 e. The van der Waals surface area contributed by atoms with Crippen molar-refractivity contribution < 1.29 is 14.3 Å². The van der Waals surface area contributed by atoms with Gasteiger partial charge in [-0.25, -0.2) is 0 Å². The van der Waals surface area contributed by atoms with E-state index in [1.54, 1.807) is 0 Å². The molecule has 0 aromatic rings. The first-order chi connectivity index (χ1) is 7.33. The van der Waals surface area contributed by atoms with E-state index in [2.05, 4.69) is 0 Å². The van der Waals surface area contributed by atoms with Crippen molar-refractivity contribution in [1.82, 2.24) is 0 Å². The molecule has 1 rings (SSSR count). The quantitative estimate of drug-likeness (QED) is 0.336. The van der Waals surface area contributed by atoms with Gasteiger partial charge in [0.15, 0.2) is 0 Å². The molecule has 0 N–H and O–H groups in total. The van der Waals surface area contributed by atoms with Crippen LogP contribution >= 0.6 is 0 Å². The summed E-state index contributed by atoms with van der Waals surface area (Å²) in [5.74, 6) is -0.0520. The molecule has 1 heterocycles. The Bertz CT molecular complexity index is 176. The Hall–Kier alpha value is -0.570. The van der Waals surface area contributed by atoms with Crippen molar-refractivity contribution in [2.75, 3.05) is 13.2 Å². The van der Waals surface area contributed by atoms with Crippen molar-refractivity contribution in [3.8, 4) is 0 Å². The fraction of sp³-hybridized carbons (Fsp3) is 0.917. The molecule has 0 radical (unpaired) electrons. The summed E-state index contributed by atoms with van der Waals surface area (Å²) in [6, 6.07) is 0. The van der Waals surface area contributed by atoms with Crippen LogP contribution in [0.3, 0.4) is 0 Å². The first-order valence-corrected chi connectivity index (χ1v) is 6.10. The van der Waals surface area contributed by atoms with Crippen LogP contribution in [0.4, 0.5) is 0 Å². The number of ether oxygens (including phenoxy) is 2. The fourth-order valence-corrected chi connectivity index (χ4v) is 1.64. The first-order valence-electron chi connectivity index (χ1n) is 6.10. The van der Waals surface area contributed by atoms with E-state index >= 15 is 0 Å². The monoisotopic (exact) mass is 214 g/mol. The summed E-state index contributed by atoms with van der Waals surface area (Å²) in [7, 11) is 0. The lowest BCUT2D eigenvalue weighted by atomic mass is 10.1. The predicted molar refractivity (Wildman–Crippen MR) is 58.7 cm³/mol. The van der Waals surface area contributed by atoms with Crippen LogP contribution in [-0.2, 0) is 14.3 Å². The summed E-state index contributed by atoms with van der Waals surface area (Å²) in [5, 5.41) is 0. The normalized spacial score (nSPS) is 18.9. The number of rotatable bonds is 9. The van der Waals surface area contributed by atoms with Crippen molar-refractivity contribution >= 4 is 5.97 Å². The van der Waals surface area contributed by atoms with Gasteiger partial charge in [-0.2, -0.15) is 0 Å². The van der Waals surface area contributed by atoms with E-state index in [9.17, 15) is 4.79 Å². The maximum atomic E-state index is 11.0. The van der Waals surface area contributed by atoms with E-state index in [-0.39, 0.29) is 5.97 Å². The zero-order chi connectivity index (χ0) is 10.9. The molecule has 3 heteroatoms. The van der Waals surface area contributed by atoms with Gasteiger partial charge in [0.05, 0.1) is 19.3 Å². The van der Waals surface area contributed by atoms with E-state index in [0.29, 0.717) is 19.1 Å². The van der Waals surface area contributed by atoms with Crippen molar-refractivity contribution in [1.29, 1.82) is 0 Å². The van der Waals surface area contributed by atoms with Gasteiger partial charge < -0.3 is 9.47 Å². The average molecular weight is 214 g/mol. The minimum atomic E-state index is -0.0520. The SMILES string of the molecule is CCOC(=O)CCCCCCCC1CO1. The minimum absolute atomic E-state index is 0.0520. The second-order valence-electron chi connectivity index (χ2n) is 4.07. The number of hydrogen-bond donors (Lipinski definition) is 0. The topological polar surface area (TPSA) is 38.8 Å². The second-order valence-corrected chi connectivity index (χ2v) is 4.07. The van der Waals surface area contributed by atoms with E-state index in [0.717, 1.165) is 19.4 Å². The molecule has 0 bridgehead atoms. The van der Waals surface area contributed by atoms with Gasteiger partial charge in [0.2, 0.25) is 0 Å². The van der Waals surface area contributed by atoms with Gasteiger partial charge in [-0.05, 0) is 19.8 Å². The molecule has 0 amide bonds. The molecule has 0 aromatic heterocycles. The molecule has 0 aromatic carbocycles. The van der Waals surface area contributed by atoms with E-state index in [1.807, 2.05) is 6.92 Å². The molecule has 1 unspecified atom stereocenters. The van der Waals surface area contributed by atoms with Crippen LogP contribution in [0.5, 0.6) is 0 Å². The van der Waals surface area contributed by atoms with Gasteiger partial charge >= 0.3 is 5.97 Å². The molecule has 0 spiro atoms. The molecule has 1 aliphatic heterocycles. The second kappa shape index (κ2) is 7.69. The zero-order valence-electron chi connectivity index (χ0n) is 9.67. The average Bonchev–Trinajstić information content (AvgIpc) is 3.00. The summed E-state index contributed by atoms with van der Waals surface area (Å²) in [5.41, 5.74) is 0. The lowest BCUT2D eigenvalue weighted by Gasteiger charge is -2.01. The van der Waals surface area contributed by atoms with Crippen LogP contribution in [0, 0.1) is 0 Å². The van der Waals surface area contributed by atoms with Gasteiger partial charge in [0.1, 0.15) is 0 Å². The molecule has 1 aliphatic rings. The van der Waals surface area contributed by atoms with Crippen LogP contribution < -0.4 is 0 Å². The highest BCUT2D eigenvalue weighted by Gasteiger charge is 2.20. The highest BCUT2D eigenvalue weighted by atomic mass is 16.6. The number of carbonyl (C=O) groups is 1. The number of unbranched alkanes of at least 4 members (excludes halogenated alkanes) is 4. The summed E-state index contributed by atoms with van der Waals surface area (Å²) in [6.45, 7) is 3.32. The molecule has 15 heavy (non-hydrogen) atoms. The highest BCUT2D eigenvalue weighted by Crippen LogP contribution is 2.17. The van der Waals surface area contributed by atoms with Crippen LogP contribution in [0.25, 0.3) is 0 Å². The Morgan fingerprint density at radius 1 is 1.27 bits per heavy atom. The van der Waals surface area contributed by atoms with Crippen LogP contribution in [0.15, 0.2) is 0 Å². The van der Waals surface area contributed by atoms with E-state index < -0.39 is 0 Å². The number of hydrogen-bond acceptors (Lipinski definition) is 3. The third-order valence-electron chi connectivity index (χ3n) is 2.61. The summed E-state index contributed by atoms with van der Waals surface area (Å²) < 4.78 is 9.99. The number of epoxide rings is 1. The predicted octanol–water partition coefficient (Wildman–Crippen LogP) is 2.68. The van der Waals surface area contributed by atoms with E-state index in [4.69, 9.17) is 9.47 Å². The van der Waals surface area contributed by atoms with Crippen LogP contribution in [0.1, 0.15) is 51.9 Å². The molecule has 1 atom stereocenters. The Kier molecular flexibility index (Phi) is 6.41. The molecule has 0 aliphatic carbocycles. The zero-order valence-corrected chi connectivity index (χ0v) is 9.67. The summed E-state index contributed by atoms with van der Waals surface area (Å²) in [6.07, 6.45) is 8.25. The first kappa shape index (κ1) is 12.5. The van der Waals surface area contributed by atoms with Crippen molar-refractivity contribution in [3.05, 3.63) is 0 Å². The lowest BCUT2D eigenvalue weighted by Crippen LogP contribution is -2.03. The summed E-state index contributed by atoms with van der Waals surface area (Å²) in [4.78, 5) is 11.0. The van der Waals surface area contributed by atoms with Crippen LogP contribution in [-0.4, -0.2) is 25.3 Å². The Balaban J connectivity index is 1.73. The molecular weight excluding hydrogens is 192 g/mol. The molecule has 1 fully saturated rings. The fourth-order valence-electron chi connectivity index (χ4n) is 1.64. The maximum Gasteiger partial charge on any atom is 0.305 e. The van der Waals surface area contributed by atoms with Gasteiger partial charge in [-0.3, -0.25) is 4.79 Å². The van der Waals surface area contributed by atoms with Crippen molar-refractivity contribution in [2.24, 2.45) is 0 Å². The largest absolute Gasteiger partial charge is 0.466 e. The lowest BCUT2D eigenvalue weighted by molar-refractivity contribution is -0.143. The molecule has 3 nitrogen and oxygen atoms in total. The van der Waals surface area contributed by atoms with Gasteiger partial charge in [0.25, 0.3) is 0 Å². The maximum absolute atomic E-state index is 11.0.